The Morgan fingerprint density at radius 1 is 1.27 bits per heavy atom. The first-order valence-corrected chi connectivity index (χ1v) is 4.45. The molecule has 4 heteroatoms. The van der Waals surface area contributed by atoms with Crippen LogP contribution >= 0.6 is 0 Å². The number of amides is 1. The lowest BCUT2D eigenvalue weighted by molar-refractivity contribution is -0.115. The Morgan fingerprint density at radius 2 is 1.87 bits per heavy atom. The molecule has 15 heavy (non-hydrogen) atoms. The first kappa shape index (κ1) is 11.4. The van der Waals surface area contributed by atoms with Crippen LogP contribution in [0.1, 0.15) is 13.3 Å². The van der Waals surface area contributed by atoms with Crippen molar-refractivity contribution in [3.05, 3.63) is 42.0 Å². The van der Waals surface area contributed by atoms with Gasteiger partial charge in [-0.1, -0.05) is 18.2 Å². The van der Waals surface area contributed by atoms with Crippen molar-refractivity contribution in [1.82, 2.24) is 0 Å². The van der Waals surface area contributed by atoms with Crippen molar-refractivity contribution >= 4 is 11.6 Å². The third kappa shape index (κ3) is 3.89. The van der Waals surface area contributed by atoms with Crippen LogP contribution in [0.2, 0.25) is 0 Å². The maximum absolute atomic E-state index is 12.0. The van der Waals surface area contributed by atoms with Crippen LogP contribution in [0, 0.1) is 0 Å². The molecule has 1 rings (SSSR count). The lowest BCUT2D eigenvalue weighted by Crippen LogP contribution is -2.11. The molecule has 0 saturated heterocycles. The highest BCUT2D eigenvalue weighted by atomic mass is 19.3. The highest BCUT2D eigenvalue weighted by molar-refractivity contribution is 5.92. The molecule has 0 radical (unpaired) electrons. The van der Waals surface area contributed by atoms with Crippen LogP contribution < -0.4 is 5.32 Å². The highest BCUT2D eigenvalue weighted by Crippen LogP contribution is 2.12. The summed E-state index contributed by atoms with van der Waals surface area (Å²) in [6.07, 6.45) is -2.07. The van der Waals surface area contributed by atoms with E-state index in [1.54, 1.807) is 24.3 Å². The average Bonchev–Trinajstić information content (AvgIpc) is 2.18. The fourth-order valence-electron chi connectivity index (χ4n) is 1.03. The summed E-state index contributed by atoms with van der Waals surface area (Å²) in [5.41, 5.74) is 0.401. The number of halogens is 2. The zero-order chi connectivity index (χ0) is 11.3. The molecule has 0 aliphatic rings. The average molecular weight is 211 g/mol. The predicted molar refractivity (Wildman–Crippen MR) is 54.6 cm³/mol. The zero-order valence-corrected chi connectivity index (χ0v) is 8.26. The van der Waals surface area contributed by atoms with Crippen LogP contribution in [-0.4, -0.2) is 5.91 Å². The van der Waals surface area contributed by atoms with Crippen LogP contribution in [0.15, 0.2) is 42.0 Å². The van der Waals surface area contributed by atoms with E-state index in [4.69, 9.17) is 0 Å². The van der Waals surface area contributed by atoms with Crippen molar-refractivity contribution in [1.29, 1.82) is 0 Å². The number of hydrogen-bond acceptors (Lipinski definition) is 1. The molecule has 2 nitrogen and oxygen atoms in total. The van der Waals surface area contributed by atoms with Crippen molar-refractivity contribution in [3.8, 4) is 0 Å². The van der Waals surface area contributed by atoms with E-state index in [0.29, 0.717) is 5.69 Å². The van der Waals surface area contributed by atoms with Gasteiger partial charge in [0.15, 0.2) is 0 Å². The normalized spacial score (nSPS) is 9.53. The van der Waals surface area contributed by atoms with Crippen LogP contribution in [0.4, 0.5) is 14.5 Å². The first-order valence-electron chi connectivity index (χ1n) is 4.45. The Bertz CT molecular complexity index is 369. The van der Waals surface area contributed by atoms with Gasteiger partial charge in [0.1, 0.15) is 0 Å². The van der Waals surface area contributed by atoms with E-state index in [0.717, 1.165) is 0 Å². The largest absolute Gasteiger partial charge is 0.326 e. The first-order chi connectivity index (χ1) is 7.09. The molecule has 0 spiro atoms. The van der Waals surface area contributed by atoms with Crippen LogP contribution in [0.25, 0.3) is 0 Å². The number of carbonyl (C=O) groups is 1. The fraction of sp³-hybridized carbons (Fsp3) is 0.182. The SMILES string of the molecule is CC(CC(=O)Nc1ccccc1)=C(F)F. The molecule has 0 bridgehead atoms. The summed E-state index contributed by atoms with van der Waals surface area (Å²) in [5.74, 6) is -0.438. The third-order valence-corrected chi connectivity index (χ3v) is 1.81. The number of hydrogen-bond donors (Lipinski definition) is 1. The van der Waals surface area contributed by atoms with Crippen LogP contribution in [0.3, 0.4) is 0 Å². The number of nitrogens with one attached hydrogen (secondary N) is 1. The van der Waals surface area contributed by atoms with E-state index in [2.05, 4.69) is 5.32 Å². The van der Waals surface area contributed by atoms with Gasteiger partial charge in [0.05, 0.1) is 6.42 Å². The Kier molecular flexibility index (Phi) is 3.97. The van der Waals surface area contributed by atoms with E-state index in [1.165, 1.54) is 6.92 Å². The van der Waals surface area contributed by atoms with Gasteiger partial charge in [-0.15, -0.1) is 0 Å². The van der Waals surface area contributed by atoms with Crippen LogP contribution in [0.5, 0.6) is 0 Å². The molecule has 80 valence electrons. The monoisotopic (exact) mass is 211 g/mol. The second kappa shape index (κ2) is 5.24. The number of benzene rings is 1. The number of carbonyl (C=O) groups excluding carboxylic acids is 1. The molecule has 1 N–H and O–H groups in total. The van der Waals surface area contributed by atoms with Gasteiger partial charge in [-0.05, 0) is 19.1 Å². The molecule has 0 unspecified atom stereocenters. The van der Waals surface area contributed by atoms with E-state index >= 15 is 0 Å². The molecule has 0 atom stereocenters. The summed E-state index contributed by atoms with van der Waals surface area (Å²) in [6, 6.07) is 8.72. The molecule has 0 aliphatic heterocycles. The molecule has 0 heterocycles. The summed E-state index contributed by atoms with van der Waals surface area (Å²) in [6.45, 7) is 1.24. The summed E-state index contributed by atoms with van der Waals surface area (Å²) in [5, 5.41) is 2.52. The molecule has 1 amide bonds. The zero-order valence-electron chi connectivity index (χ0n) is 8.26. The summed E-state index contributed by atoms with van der Waals surface area (Å²) in [7, 11) is 0. The van der Waals surface area contributed by atoms with Crippen LogP contribution in [-0.2, 0) is 4.79 Å². The maximum atomic E-state index is 12.0. The third-order valence-electron chi connectivity index (χ3n) is 1.81. The standard InChI is InChI=1S/C11H11F2NO/c1-8(11(12)13)7-10(15)14-9-5-3-2-4-6-9/h2-6H,7H2,1H3,(H,14,15). The van der Waals surface area contributed by atoms with Gasteiger partial charge < -0.3 is 5.32 Å². The summed E-state index contributed by atoms with van der Waals surface area (Å²) >= 11 is 0. The number of anilines is 1. The minimum Gasteiger partial charge on any atom is -0.326 e. The van der Waals surface area contributed by atoms with E-state index in [1.807, 2.05) is 6.07 Å². The minimum atomic E-state index is -1.79. The maximum Gasteiger partial charge on any atom is 0.269 e. The number of para-hydroxylation sites is 1. The van der Waals surface area contributed by atoms with Crippen molar-refractivity contribution in [2.45, 2.75) is 13.3 Å². The molecular formula is C11H11F2NO. The fourth-order valence-corrected chi connectivity index (χ4v) is 1.03. The Labute approximate surface area is 86.6 Å². The van der Waals surface area contributed by atoms with Gasteiger partial charge in [0.25, 0.3) is 6.08 Å². The molecule has 1 aromatic carbocycles. The lowest BCUT2D eigenvalue weighted by atomic mass is 10.2. The predicted octanol–water partition coefficient (Wildman–Crippen LogP) is 3.19. The minimum absolute atomic E-state index is 0.205. The Hall–Kier alpha value is -1.71. The Balaban J connectivity index is 2.55. The summed E-state index contributed by atoms with van der Waals surface area (Å²) < 4.78 is 24.1. The number of rotatable bonds is 3. The molecule has 0 saturated carbocycles. The molecular weight excluding hydrogens is 200 g/mol. The lowest BCUT2D eigenvalue weighted by Gasteiger charge is -2.04. The smallest absolute Gasteiger partial charge is 0.269 e. The van der Waals surface area contributed by atoms with Gasteiger partial charge in [-0.2, -0.15) is 8.78 Å². The van der Waals surface area contributed by atoms with E-state index in [-0.39, 0.29) is 12.0 Å². The second-order valence-electron chi connectivity index (χ2n) is 3.13. The topological polar surface area (TPSA) is 29.1 Å². The van der Waals surface area contributed by atoms with Gasteiger partial charge in [0.2, 0.25) is 5.91 Å². The van der Waals surface area contributed by atoms with Gasteiger partial charge >= 0.3 is 0 Å². The van der Waals surface area contributed by atoms with E-state index in [9.17, 15) is 13.6 Å². The highest BCUT2D eigenvalue weighted by Gasteiger charge is 2.07. The molecule has 0 aliphatic carbocycles. The second-order valence-corrected chi connectivity index (χ2v) is 3.13. The molecule has 1 aromatic rings. The van der Waals surface area contributed by atoms with Crippen molar-refractivity contribution in [3.63, 3.8) is 0 Å². The van der Waals surface area contributed by atoms with Crippen molar-refractivity contribution < 1.29 is 13.6 Å². The van der Waals surface area contributed by atoms with E-state index < -0.39 is 12.0 Å². The quantitative estimate of drug-likeness (QED) is 0.817. The Morgan fingerprint density at radius 3 is 2.40 bits per heavy atom. The summed E-state index contributed by atoms with van der Waals surface area (Å²) in [4.78, 5) is 11.2. The van der Waals surface area contributed by atoms with Crippen molar-refractivity contribution in [2.75, 3.05) is 5.32 Å². The van der Waals surface area contributed by atoms with Crippen molar-refractivity contribution in [2.24, 2.45) is 0 Å². The van der Waals surface area contributed by atoms with Gasteiger partial charge in [0, 0.05) is 11.3 Å². The van der Waals surface area contributed by atoms with Gasteiger partial charge in [-0.3, -0.25) is 4.79 Å². The molecule has 0 fully saturated rings. The van der Waals surface area contributed by atoms with Gasteiger partial charge in [-0.25, -0.2) is 0 Å². The molecule has 0 aromatic heterocycles.